The van der Waals surface area contributed by atoms with Crippen molar-refractivity contribution < 1.29 is 14.2 Å². The van der Waals surface area contributed by atoms with Crippen LogP contribution in [0.15, 0.2) is 23.1 Å². The van der Waals surface area contributed by atoms with Gasteiger partial charge in [0.25, 0.3) is 5.56 Å². The molecule has 7 heteroatoms. The van der Waals surface area contributed by atoms with Crippen LogP contribution in [0.2, 0.25) is 0 Å². The lowest BCUT2D eigenvalue weighted by atomic mass is 10.00. The zero-order chi connectivity index (χ0) is 16.1. The minimum absolute atomic E-state index is 0.00794. The van der Waals surface area contributed by atoms with E-state index in [1.807, 2.05) is 0 Å². The highest BCUT2D eigenvalue weighted by molar-refractivity contribution is 4.94. The molecular formula is C16H25N3O4. The van der Waals surface area contributed by atoms with E-state index >= 15 is 0 Å². The minimum atomic E-state index is -0.271. The van der Waals surface area contributed by atoms with E-state index in [-0.39, 0.29) is 17.3 Å². The molecule has 3 heterocycles. The fourth-order valence-electron chi connectivity index (χ4n) is 3.36. The molecule has 0 aliphatic carbocycles. The number of aromatic nitrogens is 2. The molecule has 1 aromatic heterocycles. The quantitative estimate of drug-likeness (QED) is 0.768. The average molecular weight is 323 g/mol. The third-order valence-electron chi connectivity index (χ3n) is 4.54. The van der Waals surface area contributed by atoms with Crippen molar-refractivity contribution in [2.24, 2.45) is 0 Å². The largest absolute Gasteiger partial charge is 0.383 e. The van der Waals surface area contributed by atoms with Crippen molar-refractivity contribution in [2.45, 2.75) is 31.1 Å². The number of hydrogen-bond acceptors (Lipinski definition) is 6. The molecule has 2 saturated heterocycles. The number of rotatable bonds is 5. The molecule has 0 aromatic carbocycles. The lowest BCUT2D eigenvalue weighted by Crippen LogP contribution is -2.45. The summed E-state index contributed by atoms with van der Waals surface area (Å²) in [4.78, 5) is 14.1. The Morgan fingerprint density at radius 3 is 3.26 bits per heavy atom. The van der Waals surface area contributed by atoms with E-state index in [2.05, 4.69) is 10.00 Å². The number of methoxy groups -OCH3 is 1. The van der Waals surface area contributed by atoms with E-state index < -0.39 is 0 Å². The van der Waals surface area contributed by atoms with Gasteiger partial charge in [-0.05, 0) is 18.9 Å². The highest BCUT2D eigenvalue weighted by Crippen LogP contribution is 2.33. The molecule has 0 amide bonds. The van der Waals surface area contributed by atoms with Gasteiger partial charge in [0.05, 0.1) is 32.5 Å². The van der Waals surface area contributed by atoms with Gasteiger partial charge in [0.1, 0.15) is 5.60 Å². The van der Waals surface area contributed by atoms with Gasteiger partial charge in [-0.2, -0.15) is 5.10 Å². The first-order chi connectivity index (χ1) is 11.2. The zero-order valence-electron chi connectivity index (χ0n) is 13.6. The second kappa shape index (κ2) is 7.53. The van der Waals surface area contributed by atoms with E-state index in [0.29, 0.717) is 19.8 Å². The topological polar surface area (TPSA) is 65.8 Å². The van der Waals surface area contributed by atoms with Gasteiger partial charge in [0, 0.05) is 39.0 Å². The molecule has 2 atom stereocenters. The first-order valence-electron chi connectivity index (χ1n) is 8.20. The van der Waals surface area contributed by atoms with Gasteiger partial charge in [-0.15, -0.1) is 0 Å². The highest BCUT2D eigenvalue weighted by Gasteiger charge is 2.43. The fourth-order valence-corrected chi connectivity index (χ4v) is 3.36. The summed E-state index contributed by atoms with van der Waals surface area (Å²) in [5.74, 6) is 0. The Hall–Kier alpha value is -1.28. The van der Waals surface area contributed by atoms with Crippen LogP contribution < -0.4 is 5.56 Å². The van der Waals surface area contributed by atoms with Crippen LogP contribution >= 0.6 is 0 Å². The molecule has 2 fully saturated rings. The molecule has 7 nitrogen and oxygen atoms in total. The maximum Gasteiger partial charge on any atom is 0.266 e. The van der Waals surface area contributed by atoms with Crippen molar-refractivity contribution in [3.63, 3.8) is 0 Å². The van der Waals surface area contributed by atoms with E-state index in [0.717, 1.165) is 39.1 Å². The predicted octanol–water partition coefficient (Wildman–Crippen LogP) is 0.140. The minimum Gasteiger partial charge on any atom is -0.383 e. The van der Waals surface area contributed by atoms with Crippen molar-refractivity contribution in [1.82, 2.24) is 14.7 Å². The smallest absolute Gasteiger partial charge is 0.266 e. The Morgan fingerprint density at radius 1 is 1.52 bits per heavy atom. The van der Waals surface area contributed by atoms with Crippen LogP contribution in [0.25, 0.3) is 0 Å². The Labute approximate surface area is 136 Å². The maximum atomic E-state index is 11.8. The molecule has 1 spiro atoms. The molecular weight excluding hydrogens is 298 g/mol. The number of hydrogen-bond donors (Lipinski definition) is 0. The Kier molecular flexibility index (Phi) is 5.42. The summed E-state index contributed by atoms with van der Waals surface area (Å²) in [6.07, 6.45) is 3.51. The maximum absolute atomic E-state index is 11.8. The normalized spacial score (nSPS) is 29.0. The van der Waals surface area contributed by atoms with Gasteiger partial charge in [0.2, 0.25) is 0 Å². The summed E-state index contributed by atoms with van der Waals surface area (Å²) in [7, 11) is 1.72. The molecule has 0 N–H and O–H groups in total. The molecule has 0 bridgehead atoms. The third-order valence-corrected chi connectivity index (χ3v) is 4.54. The van der Waals surface area contributed by atoms with Crippen LogP contribution in [-0.4, -0.2) is 73.0 Å². The Bertz CT molecular complexity index is 564. The molecule has 2 aliphatic heterocycles. The van der Waals surface area contributed by atoms with Gasteiger partial charge in [-0.3, -0.25) is 9.69 Å². The van der Waals surface area contributed by atoms with Crippen molar-refractivity contribution in [1.29, 1.82) is 0 Å². The van der Waals surface area contributed by atoms with Gasteiger partial charge < -0.3 is 14.2 Å². The van der Waals surface area contributed by atoms with Crippen LogP contribution in [0.4, 0.5) is 0 Å². The molecule has 1 aromatic rings. The number of nitrogens with zero attached hydrogens (tertiary/aromatic N) is 3. The van der Waals surface area contributed by atoms with E-state index in [1.54, 1.807) is 19.4 Å². The lowest BCUT2D eigenvalue weighted by molar-refractivity contribution is -0.0909. The Balaban J connectivity index is 1.62. The van der Waals surface area contributed by atoms with Gasteiger partial charge in [0.15, 0.2) is 0 Å². The monoisotopic (exact) mass is 323 g/mol. The highest BCUT2D eigenvalue weighted by atomic mass is 16.6. The lowest BCUT2D eigenvalue weighted by Gasteiger charge is -2.31. The summed E-state index contributed by atoms with van der Waals surface area (Å²) < 4.78 is 18.8. The molecule has 0 radical (unpaired) electrons. The van der Waals surface area contributed by atoms with Crippen molar-refractivity contribution in [3.8, 4) is 0 Å². The third kappa shape index (κ3) is 4.17. The SMILES string of the molecule is COCCN1CCOC[C@@]2(CC[C@H](Cn3ncccc3=O)O2)C1. The second-order valence-electron chi connectivity index (χ2n) is 6.33. The zero-order valence-corrected chi connectivity index (χ0v) is 13.6. The molecule has 0 saturated carbocycles. The van der Waals surface area contributed by atoms with E-state index in [9.17, 15) is 4.79 Å². The van der Waals surface area contributed by atoms with Gasteiger partial charge >= 0.3 is 0 Å². The van der Waals surface area contributed by atoms with Crippen LogP contribution in [-0.2, 0) is 20.8 Å². The van der Waals surface area contributed by atoms with Crippen molar-refractivity contribution in [2.75, 3.05) is 46.6 Å². The van der Waals surface area contributed by atoms with Crippen LogP contribution in [0.5, 0.6) is 0 Å². The summed E-state index contributed by atoms with van der Waals surface area (Å²) in [6.45, 7) is 5.18. The first kappa shape index (κ1) is 16.6. The fraction of sp³-hybridized carbons (Fsp3) is 0.750. The predicted molar refractivity (Wildman–Crippen MR) is 84.5 cm³/mol. The van der Waals surface area contributed by atoms with Crippen LogP contribution in [0.1, 0.15) is 12.8 Å². The summed E-state index contributed by atoms with van der Waals surface area (Å²) >= 11 is 0. The van der Waals surface area contributed by atoms with Crippen LogP contribution in [0.3, 0.4) is 0 Å². The first-order valence-corrected chi connectivity index (χ1v) is 8.20. The number of ether oxygens (including phenoxy) is 3. The Morgan fingerprint density at radius 2 is 2.43 bits per heavy atom. The van der Waals surface area contributed by atoms with Crippen molar-refractivity contribution in [3.05, 3.63) is 28.7 Å². The van der Waals surface area contributed by atoms with E-state index in [4.69, 9.17) is 14.2 Å². The summed E-state index contributed by atoms with van der Waals surface area (Å²) in [5, 5.41) is 4.12. The summed E-state index contributed by atoms with van der Waals surface area (Å²) in [5.41, 5.74) is -0.358. The molecule has 2 aliphatic rings. The van der Waals surface area contributed by atoms with E-state index in [1.165, 1.54) is 10.7 Å². The van der Waals surface area contributed by atoms with Crippen molar-refractivity contribution >= 4 is 0 Å². The summed E-state index contributed by atoms with van der Waals surface area (Å²) in [6, 6.07) is 3.18. The second-order valence-corrected chi connectivity index (χ2v) is 6.33. The molecule has 128 valence electrons. The molecule has 3 rings (SSSR count). The standard InChI is InChI=1S/C16H25N3O4/c1-21-9-7-18-8-10-22-13-16(12-18)5-4-14(23-16)11-19-15(20)3-2-6-17-19/h2-3,6,14H,4-5,7-13H2,1H3/t14-,16-/m1/s1. The van der Waals surface area contributed by atoms with Gasteiger partial charge in [-0.25, -0.2) is 4.68 Å². The average Bonchev–Trinajstić information content (AvgIpc) is 2.82. The molecule has 23 heavy (non-hydrogen) atoms. The molecule has 0 unspecified atom stereocenters. The van der Waals surface area contributed by atoms with Crippen LogP contribution in [0, 0.1) is 0 Å². The van der Waals surface area contributed by atoms with Gasteiger partial charge in [-0.1, -0.05) is 0 Å².